The van der Waals surface area contributed by atoms with Crippen LogP contribution in [0.4, 0.5) is 0 Å². The van der Waals surface area contributed by atoms with Crippen LogP contribution in [-0.2, 0) is 11.2 Å². The van der Waals surface area contributed by atoms with Gasteiger partial charge in [-0.2, -0.15) is 5.10 Å². The van der Waals surface area contributed by atoms with Crippen molar-refractivity contribution in [2.24, 2.45) is 0 Å². The van der Waals surface area contributed by atoms with Gasteiger partial charge in [-0.15, -0.1) is 0 Å². The second kappa shape index (κ2) is 4.45. The standard InChI is InChI=1S/C10H17N3OS/c1-3-4-9-11-12-10(15)13(9)7-5-8(6-7)14-2/h7-8H,3-6H2,1-2H3,(H,12,15). The Labute approximate surface area is 94.6 Å². The zero-order chi connectivity index (χ0) is 10.8. The lowest BCUT2D eigenvalue weighted by Gasteiger charge is -2.35. The van der Waals surface area contributed by atoms with Crippen molar-refractivity contribution < 1.29 is 4.74 Å². The van der Waals surface area contributed by atoms with Gasteiger partial charge in [0.1, 0.15) is 5.82 Å². The molecule has 15 heavy (non-hydrogen) atoms. The minimum atomic E-state index is 0.404. The average molecular weight is 227 g/mol. The van der Waals surface area contributed by atoms with Crippen LogP contribution in [0.25, 0.3) is 0 Å². The fourth-order valence-electron chi connectivity index (χ4n) is 2.05. The number of hydrogen-bond donors (Lipinski definition) is 1. The summed E-state index contributed by atoms with van der Waals surface area (Å²) in [5.41, 5.74) is 0. The summed E-state index contributed by atoms with van der Waals surface area (Å²) >= 11 is 5.24. The molecule has 0 spiro atoms. The SMILES string of the molecule is CCCc1n[nH]c(=S)n1C1CC(OC)C1. The monoisotopic (exact) mass is 227 g/mol. The van der Waals surface area contributed by atoms with Gasteiger partial charge in [0.15, 0.2) is 4.77 Å². The summed E-state index contributed by atoms with van der Waals surface area (Å²) in [4.78, 5) is 0. The molecule has 0 aromatic carbocycles. The molecule has 4 nitrogen and oxygen atoms in total. The summed E-state index contributed by atoms with van der Waals surface area (Å²) in [6.45, 7) is 2.15. The van der Waals surface area contributed by atoms with Crippen LogP contribution < -0.4 is 0 Å². The zero-order valence-corrected chi connectivity index (χ0v) is 10.0. The first kappa shape index (κ1) is 10.8. The number of hydrogen-bond acceptors (Lipinski definition) is 3. The van der Waals surface area contributed by atoms with Gasteiger partial charge in [-0.25, -0.2) is 0 Å². The Kier molecular flexibility index (Phi) is 3.21. The van der Waals surface area contributed by atoms with E-state index >= 15 is 0 Å². The summed E-state index contributed by atoms with van der Waals surface area (Å²) in [7, 11) is 1.77. The van der Waals surface area contributed by atoms with Gasteiger partial charge < -0.3 is 9.30 Å². The molecule has 2 rings (SSSR count). The number of rotatable bonds is 4. The molecule has 0 radical (unpaired) electrons. The summed E-state index contributed by atoms with van der Waals surface area (Å²) < 4.78 is 8.19. The second-order valence-electron chi connectivity index (χ2n) is 4.05. The van der Waals surface area contributed by atoms with Crippen molar-refractivity contribution in [2.75, 3.05) is 7.11 Å². The van der Waals surface area contributed by atoms with Crippen molar-refractivity contribution in [1.82, 2.24) is 14.8 Å². The van der Waals surface area contributed by atoms with E-state index < -0.39 is 0 Å². The van der Waals surface area contributed by atoms with Crippen LogP contribution in [0.3, 0.4) is 0 Å². The number of aryl methyl sites for hydroxylation is 1. The molecular formula is C10H17N3OS. The highest BCUT2D eigenvalue weighted by molar-refractivity contribution is 7.71. The van der Waals surface area contributed by atoms with Crippen LogP contribution in [-0.4, -0.2) is 28.0 Å². The van der Waals surface area contributed by atoms with E-state index in [1.165, 1.54) is 0 Å². The molecule has 84 valence electrons. The van der Waals surface area contributed by atoms with Crippen molar-refractivity contribution in [3.05, 3.63) is 10.6 Å². The van der Waals surface area contributed by atoms with E-state index in [1.54, 1.807) is 7.11 Å². The van der Waals surface area contributed by atoms with Crippen LogP contribution in [0, 0.1) is 4.77 Å². The number of methoxy groups -OCH3 is 1. The van der Waals surface area contributed by atoms with Crippen LogP contribution in [0.15, 0.2) is 0 Å². The van der Waals surface area contributed by atoms with Crippen molar-refractivity contribution in [1.29, 1.82) is 0 Å². The fraction of sp³-hybridized carbons (Fsp3) is 0.800. The van der Waals surface area contributed by atoms with Crippen molar-refractivity contribution in [3.63, 3.8) is 0 Å². The van der Waals surface area contributed by atoms with E-state index in [0.717, 1.165) is 36.3 Å². The number of nitrogens with zero attached hydrogens (tertiary/aromatic N) is 2. The maximum absolute atomic E-state index is 5.28. The summed E-state index contributed by atoms with van der Waals surface area (Å²) in [5, 5.41) is 7.14. The van der Waals surface area contributed by atoms with Gasteiger partial charge in [0.2, 0.25) is 0 Å². The molecule has 0 unspecified atom stereocenters. The Hall–Kier alpha value is -0.680. The molecule has 0 atom stereocenters. The number of nitrogens with one attached hydrogen (secondary N) is 1. The summed E-state index contributed by atoms with van der Waals surface area (Å²) in [5.74, 6) is 1.09. The lowest BCUT2D eigenvalue weighted by molar-refractivity contribution is 0.00490. The van der Waals surface area contributed by atoms with Crippen LogP contribution in [0.2, 0.25) is 0 Å². The van der Waals surface area contributed by atoms with E-state index in [-0.39, 0.29) is 0 Å². The predicted molar refractivity (Wildman–Crippen MR) is 60.5 cm³/mol. The van der Waals surface area contributed by atoms with Crippen LogP contribution >= 0.6 is 12.2 Å². The van der Waals surface area contributed by atoms with Gasteiger partial charge in [-0.05, 0) is 31.5 Å². The molecule has 1 aromatic heterocycles. The lowest BCUT2D eigenvalue weighted by Crippen LogP contribution is -2.33. The lowest BCUT2D eigenvalue weighted by atomic mass is 9.89. The first-order valence-electron chi connectivity index (χ1n) is 5.44. The first-order chi connectivity index (χ1) is 7.26. The highest BCUT2D eigenvalue weighted by Crippen LogP contribution is 2.35. The topological polar surface area (TPSA) is 42.8 Å². The molecule has 1 aliphatic carbocycles. The smallest absolute Gasteiger partial charge is 0.195 e. The Morgan fingerprint density at radius 2 is 2.33 bits per heavy atom. The third-order valence-electron chi connectivity index (χ3n) is 3.02. The van der Waals surface area contributed by atoms with Gasteiger partial charge in [-0.3, -0.25) is 5.10 Å². The van der Waals surface area contributed by atoms with Crippen molar-refractivity contribution in [2.45, 2.75) is 44.8 Å². The molecular weight excluding hydrogens is 210 g/mol. The van der Waals surface area contributed by atoms with Gasteiger partial charge >= 0.3 is 0 Å². The summed E-state index contributed by atoms with van der Waals surface area (Å²) in [6, 6.07) is 0.489. The minimum Gasteiger partial charge on any atom is -0.381 e. The molecule has 0 saturated heterocycles. The highest BCUT2D eigenvalue weighted by Gasteiger charge is 2.32. The normalized spacial score (nSPS) is 25.2. The molecule has 1 fully saturated rings. The Morgan fingerprint density at radius 1 is 1.60 bits per heavy atom. The average Bonchev–Trinajstić information content (AvgIpc) is 2.49. The van der Waals surface area contributed by atoms with Crippen LogP contribution in [0.5, 0.6) is 0 Å². The zero-order valence-electron chi connectivity index (χ0n) is 9.19. The van der Waals surface area contributed by atoms with Gasteiger partial charge in [0.25, 0.3) is 0 Å². The number of H-pyrrole nitrogens is 1. The van der Waals surface area contributed by atoms with Crippen molar-refractivity contribution in [3.8, 4) is 0 Å². The molecule has 1 aliphatic rings. The molecule has 1 N–H and O–H groups in total. The number of aromatic nitrogens is 3. The molecule has 1 heterocycles. The molecule has 0 amide bonds. The van der Waals surface area contributed by atoms with E-state index in [0.29, 0.717) is 12.1 Å². The fourth-order valence-corrected chi connectivity index (χ4v) is 2.36. The Bertz CT molecular complexity index is 378. The van der Waals surface area contributed by atoms with Crippen LogP contribution in [0.1, 0.15) is 38.1 Å². The first-order valence-corrected chi connectivity index (χ1v) is 5.85. The number of ether oxygens (including phenoxy) is 1. The van der Waals surface area contributed by atoms with E-state index in [4.69, 9.17) is 17.0 Å². The molecule has 1 saturated carbocycles. The maximum atomic E-state index is 5.28. The third-order valence-corrected chi connectivity index (χ3v) is 3.31. The third kappa shape index (κ3) is 1.99. The second-order valence-corrected chi connectivity index (χ2v) is 4.43. The molecule has 0 aliphatic heterocycles. The molecule has 0 bridgehead atoms. The highest BCUT2D eigenvalue weighted by atomic mass is 32.1. The van der Waals surface area contributed by atoms with Gasteiger partial charge in [0.05, 0.1) is 6.10 Å². The Morgan fingerprint density at radius 3 is 2.93 bits per heavy atom. The Balaban J connectivity index is 2.13. The molecule has 1 aromatic rings. The molecule has 5 heteroatoms. The van der Waals surface area contributed by atoms with E-state index in [1.807, 2.05) is 0 Å². The quantitative estimate of drug-likeness (QED) is 0.802. The number of aromatic amines is 1. The van der Waals surface area contributed by atoms with E-state index in [2.05, 4.69) is 21.7 Å². The van der Waals surface area contributed by atoms with Gasteiger partial charge in [0, 0.05) is 19.6 Å². The maximum Gasteiger partial charge on any atom is 0.195 e. The van der Waals surface area contributed by atoms with Crippen molar-refractivity contribution >= 4 is 12.2 Å². The minimum absolute atomic E-state index is 0.404. The summed E-state index contributed by atoms with van der Waals surface area (Å²) in [6.07, 6.45) is 4.60. The predicted octanol–water partition coefficient (Wildman–Crippen LogP) is 2.24. The van der Waals surface area contributed by atoms with Gasteiger partial charge in [-0.1, -0.05) is 6.92 Å². The largest absolute Gasteiger partial charge is 0.381 e. The van der Waals surface area contributed by atoms with E-state index in [9.17, 15) is 0 Å².